The fourth-order valence-corrected chi connectivity index (χ4v) is 1.10. The third-order valence-electron chi connectivity index (χ3n) is 2.32. The van der Waals surface area contributed by atoms with Crippen LogP contribution in [0.15, 0.2) is 10.6 Å². The Morgan fingerprint density at radius 2 is 2.45 bits per heavy atom. The normalized spacial score (nSPS) is 20.2. The zero-order valence-electron chi connectivity index (χ0n) is 6.50. The van der Waals surface area contributed by atoms with Crippen LogP contribution in [0.1, 0.15) is 31.2 Å². The molecule has 0 amide bonds. The van der Waals surface area contributed by atoms with Crippen LogP contribution in [0.25, 0.3) is 0 Å². The molecule has 0 saturated heterocycles. The first kappa shape index (κ1) is 6.85. The molecule has 3 heteroatoms. The van der Waals surface area contributed by atoms with E-state index in [-0.39, 0.29) is 12.0 Å². The number of aliphatic hydroxyl groups excluding tert-OH is 1. The number of rotatable bonds is 2. The van der Waals surface area contributed by atoms with Crippen molar-refractivity contribution in [1.82, 2.24) is 5.16 Å². The largest absolute Gasteiger partial charge is 0.390 e. The SMILES string of the molecule is CC1(c2cc(CO)no2)CC1. The zero-order valence-corrected chi connectivity index (χ0v) is 6.50. The van der Waals surface area contributed by atoms with Gasteiger partial charge < -0.3 is 9.63 Å². The highest BCUT2D eigenvalue weighted by Crippen LogP contribution is 2.47. The molecule has 1 saturated carbocycles. The molecule has 1 fully saturated rings. The van der Waals surface area contributed by atoms with Crippen LogP contribution >= 0.6 is 0 Å². The third-order valence-corrected chi connectivity index (χ3v) is 2.32. The monoisotopic (exact) mass is 153 g/mol. The maximum absolute atomic E-state index is 8.71. The van der Waals surface area contributed by atoms with Crippen molar-refractivity contribution >= 4 is 0 Å². The van der Waals surface area contributed by atoms with Crippen LogP contribution in [0.3, 0.4) is 0 Å². The van der Waals surface area contributed by atoms with E-state index in [1.165, 1.54) is 12.8 Å². The second-order valence-electron chi connectivity index (χ2n) is 3.40. The summed E-state index contributed by atoms with van der Waals surface area (Å²) in [5.74, 6) is 0.918. The lowest BCUT2D eigenvalue weighted by Crippen LogP contribution is -1.95. The number of aromatic nitrogens is 1. The van der Waals surface area contributed by atoms with Gasteiger partial charge in [-0.15, -0.1) is 0 Å². The first-order valence-electron chi connectivity index (χ1n) is 3.81. The smallest absolute Gasteiger partial charge is 0.142 e. The first-order valence-corrected chi connectivity index (χ1v) is 3.81. The molecule has 60 valence electrons. The number of nitrogens with zero attached hydrogens (tertiary/aromatic N) is 1. The molecule has 0 radical (unpaired) electrons. The summed E-state index contributed by atoms with van der Waals surface area (Å²) in [6.45, 7) is 2.12. The topological polar surface area (TPSA) is 46.3 Å². The van der Waals surface area contributed by atoms with Gasteiger partial charge in [-0.25, -0.2) is 0 Å². The fourth-order valence-electron chi connectivity index (χ4n) is 1.10. The molecular formula is C8H11NO2. The van der Waals surface area contributed by atoms with E-state index in [0.717, 1.165) is 5.76 Å². The second-order valence-corrected chi connectivity index (χ2v) is 3.40. The van der Waals surface area contributed by atoms with E-state index < -0.39 is 0 Å². The Labute approximate surface area is 65.0 Å². The van der Waals surface area contributed by atoms with Gasteiger partial charge in [0.1, 0.15) is 11.5 Å². The maximum Gasteiger partial charge on any atom is 0.142 e. The molecular weight excluding hydrogens is 142 g/mol. The zero-order chi connectivity index (χ0) is 7.90. The molecule has 0 atom stereocenters. The molecule has 0 unspecified atom stereocenters. The van der Waals surface area contributed by atoms with Gasteiger partial charge in [0.2, 0.25) is 0 Å². The molecule has 0 bridgehead atoms. The fraction of sp³-hybridized carbons (Fsp3) is 0.625. The summed E-state index contributed by atoms with van der Waals surface area (Å²) in [5.41, 5.74) is 0.855. The van der Waals surface area contributed by atoms with Crippen molar-refractivity contribution in [2.45, 2.75) is 31.8 Å². The summed E-state index contributed by atoms with van der Waals surface area (Å²) in [4.78, 5) is 0. The molecule has 1 aliphatic rings. The Morgan fingerprint density at radius 1 is 1.73 bits per heavy atom. The standard InChI is InChI=1S/C8H11NO2/c1-8(2-3-8)7-4-6(5-10)9-11-7/h4,10H,2-3,5H2,1H3. The molecule has 1 heterocycles. The van der Waals surface area contributed by atoms with Crippen molar-refractivity contribution < 1.29 is 9.63 Å². The van der Waals surface area contributed by atoms with Crippen LogP contribution in [-0.4, -0.2) is 10.3 Å². The molecule has 0 spiro atoms. The van der Waals surface area contributed by atoms with Crippen molar-refractivity contribution in [3.8, 4) is 0 Å². The quantitative estimate of drug-likeness (QED) is 0.694. The van der Waals surface area contributed by atoms with Crippen LogP contribution in [0.2, 0.25) is 0 Å². The van der Waals surface area contributed by atoms with Gasteiger partial charge in [-0.3, -0.25) is 0 Å². The average Bonchev–Trinajstić information content (AvgIpc) is 2.61. The minimum atomic E-state index is -0.0282. The molecule has 11 heavy (non-hydrogen) atoms. The predicted octanol–water partition coefficient (Wildman–Crippen LogP) is 1.22. The van der Waals surface area contributed by atoms with E-state index in [4.69, 9.17) is 9.63 Å². The van der Waals surface area contributed by atoms with Gasteiger partial charge in [0.25, 0.3) is 0 Å². The van der Waals surface area contributed by atoms with Gasteiger partial charge >= 0.3 is 0 Å². The lowest BCUT2D eigenvalue weighted by atomic mass is 10.1. The maximum atomic E-state index is 8.71. The first-order chi connectivity index (χ1) is 5.24. The van der Waals surface area contributed by atoms with E-state index in [0.29, 0.717) is 5.69 Å². The average molecular weight is 153 g/mol. The van der Waals surface area contributed by atoms with Gasteiger partial charge in [-0.05, 0) is 12.8 Å². The van der Waals surface area contributed by atoms with Crippen LogP contribution in [0.5, 0.6) is 0 Å². The van der Waals surface area contributed by atoms with Crippen molar-refractivity contribution in [3.63, 3.8) is 0 Å². The second kappa shape index (κ2) is 2.08. The predicted molar refractivity (Wildman–Crippen MR) is 39.0 cm³/mol. The van der Waals surface area contributed by atoms with Gasteiger partial charge in [0.15, 0.2) is 0 Å². The number of hydrogen-bond acceptors (Lipinski definition) is 3. The van der Waals surface area contributed by atoms with Crippen LogP contribution < -0.4 is 0 Å². The Morgan fingerprint density at radius 3 is 2.91 bits per heavy atom. The minimum Gasteiger partial charge on any atom is -0.390 e. The van der Waals surface area contributed by atoms with Gasteiger partial charge in [-0.1, -0.05) is 12.1 Å². The van der Waals surface area contributed by atoms with Crippen LogP contribution in [-0.2, 0) is 12.0 Å². The third kappa shape index (κ3) is 1.05. The van der Waals surface area contributed by atoms with Gasteiger partial charge in [0.05, 0.1) is 6.61 Å². The highest BCUT2D eigenvalue weighted by atomic mass is 16.5. The molecule has 0 aromatic carbocycles. The van der Waals surface area contributed by atoms with E-state index in [2.05, 4.69) is 12.1 Å². The Hall–Kier alpha value is -0.830. The molecule has 0 aliphatic heterocycles. The summed E-state index contributed by atoms with van der Waals surface area (Å²) in [5, 5.41) is 12.4. The molecule has 1 N–H and O–H groups in total. The van der Waals surface area contributed by atoms with Crippen molar-refractivity contribution in [3.05, 3.63) is 17.5 Å². The molecule has 3 nitrogen and oxygen atoms in total. The van der Waals surface area contributed by atoms with Crippen molar-refractivity contribution in [1.29, 1.82) is 0 Å². The van der Waals surface area contributed by atoms with Crippen molar-refractivity contribution in [2.75, 3.05) is 0 Å². The highest BCUT2D eigenvalue weighted by Gasteiger charge is 2.42. The van der Waals surface area contributed by atoms with E-state index in [9.17, 15) is 0 Å². The number of aliphatic hydroxyl groups is 1. The molecule has 1 aliphatic carbocycles. The Bertz CT molecular complexity index is 263. The minimum absolute atomic E-state index is 0.0282. The summed E-state index contributed by atoms with van der Waals surface area (Å²) in [7, 11) is 0. The summed E-state index contributed by atoms with van der Waals surface area (Å²) in [6.07, 6.45) is 2.35. The molecule has 2 rings (SSSR count). The molecule has 1 aromatic heterocycles. The van der Waals surface area contributed by atoms with Gasteiger partial charge in [-0.2, -0.15) is 0 Å². The van der Waals surface area contributed by atoms with Crippen LogP contribution in [0, 0.1) is 0 Å². The Kier molecular flexibility index (Phi) is 1.29. The summed E-state index contributed by atoms with van der Waals surface area (Å²) < 4.78 is 5.07. The van der Waals surface area contributed by atoms with E-state index in [1.807, 2.05) is 6.07 Å². The Balaban J connectivity index is 2.25. The van der Waals surface area contributed by atoms with Crippen molar-refractivity contribution in [2.24, 2.45) is 0 Å². The lowest BCUT2D eigenvalue weighted by molar-refractivity contribution is 0.263. The number of hydrogen-bond donors (Lipinski definition) is 1. The molecule has 1 aromatic rings. The van der Waals surface area contributed by atoms with E-state index >= 15 is 0 Å². The summed E-state index contributed by atoms with van der Waals surface area (Å²) in [6, 6.07) is 1.84. The highest BCUT2D eigenvalue weighted by molar-refractivity contribution is 5.21. The van der Waals surface area contributed by atoms with E-state index in [1.54, 1.807) is 0 Å². The van der Waals surface area contributed by atoms with Gasteiger partial charge in [0, 0.05) is 11.5 Å². The summed E-state index contributed by atoms with van der Waals surface area (Å²) >= 11 is 0. The van der Waals surface area contributed by atoms with Crippen LogP contribution in [0.4, 0.5) is 0 Å². The lowest BCUT2D eigenvalue weighted by Gasteiger charge is -1.98.